The predicted molar refractivity (Wildman–Crippen MR) is 311 cm³/mol. The minimum absolute atomic E-state index is 0.164. The van der Waals surface area contributed by atoms with E-state index in [2.05, 4.69) is 49.4 Å². The van der Waals surface area contributed by atoms with Gasteiger partial charge < -0.3 is 33.6 Å². The van der Waals surface area contributed by atoms with Gasteiger partial charge in [-0.1, -0.05) is 233 Å². The fourth-order valence-electron chi connectivity index (χ4n) is 9.59. The zero-order chi connectivity index (χ0) is 54.1. The molecule has 0 saturated carbocycles. The van der Waals surface area contributed by atoms with Crippen LogP contribution in [0.5, 0.6) is 0 Å². The van der Waals surface area contributed by atoms with E-state index in [-0.39, 0.29) is 23.9 Å². The fourth-order valence-corrected chi connectivity index (χ4v) is 9.59. The molecule has 0 aromatic heterocycles. The molecule has 74 heavy (non-hydrogen) atoms. The molecule has 0 amide bonds. The van der Waals surface area contributed by atoms with Gasteiger partial charge in [-0.15, -0.1) is 0 Å². The van der Waals surface area contributed by atoms with Gasteiger partial charge in [-0.2, -0.15) is 0 Å². The number of unbranched alkanes of at least 4 members (excludes halogenated alkanes) is 32. The van der Waals surface area contributed by atoms with Crippen LogP contribution in [-0.4, -0.2) is 124 Å². The zero-order valence-electron chi connectivity index (χ0n) is 49.8. The first-order valence-corrected chi connectivity index (χ1v) is 32.0. The standard InChI is InChI=1S/C63H123N3O8/c1-6-10-14-18-22-26-30-34-38-56-71-60(67)44-52-65(53-45-61(68)72-57-39-35-31-27-23-19-15-11-7-2)50-42-48-64(5)49-43-51-66(54-46-62(69)73-58-40-36-32-28-24-20-16-12-8-3)55-47-63(70)74-59-41-37-33-29-25-21-17-13-9-4/h6-59H2,1-5H3. The zero-order valence-corrected chi connectivity index (χ0v) is 49.8. The molecule has 438 valence electrons. The highest BCUT2D eigenvalue weighted by Gasteiger charge is 2.15. The van der Waals surface area contributed by atoms with Crippen molar-refractivity contribution in [2.75, 3.05) is 85.8 Å². The van der Waals surface area contributed by atoms with Crippen LogP contribution in [0.2, 0.25) is 0 Å². The van der Waals surface area contributed by atoms with Crippen LogP contribution in [0.3, 0.4) is 0 Å². The van der Waals surface area contributed by atoms with Gasteiger partial charge in [0.1, 0.15) is 0 Å². The molecule has 0 bridgehead atoms. The minimum atomic E-state index is -0.164. The Kier molecular flexibility index (Phi) is 56.7. The lowest BCUT2D eigenvalue weighted by Gasteiger charge is -2.25. The number of hydrogen-bond donors (Lipinski definition) is 0. The summed E-state index contributed by atoms with van der Waals surface area (Å²) in [7, 11) is 2.13. The molecule has 0 aliphatic heterocycles. The maximum Gasteiger partial charge on any atom is 0.307 e. The van der Waals surface area contributed by atoms with Crippen LogP contribution < -0.4 is 0 Å². The maximum atomic E-state index is 12.8. The summed E-state index contributed by atoms with van der Waals surface area (Å²) in [6.45, 7) is 16.5. The summed E-state index contributed by atoms with van der Waals surface area (Å²) >= 11 is 0. The second-order valence-corrected chi connectivity index (χ2v) is 21.9. The molecule has 11 heteroatoms. The number of carbonyl (C=O) groups is 4. The van der Waals surface area contributed by atoms with Gasteiger partial charge in [0.2, 0.25) is 0 Å². The highest BCUT2D eigenvalue weighted by molar-refractivity contribution is 5.71. The lowest BCUT2D eigenvalue weighted by Crippen LogP contribution is -2.34. The highest BCUT2D eigenvalue weighted by atomic mass is 16.5. The molecular formula is C63H123N3O8. The molecule has 0 heterocycles. The van der Waals surface area contributed by atoms with Gasteiger partial charge in [-0.25, -0.2) is 0 Å². The van der Waals surface area contributed by atoms with E-state index < -0.39 is 0 Å². The number of rotatable bonds is 60. The molecule has 0 atom stereocenters. The number of esters is 4. The molecule has 0 aliphatic rings. The van der Waals surface area contributed by atoms with Crippen LogP contribution in [0.1, 0.15) is 297 Å². The Morgan fingerprint density at radius 2 is 0.432 bits per heavy atom. The van der Waals surface area contributed by atoms with Gasteiger partial charge >= 0.3 is 23.9 Å². The SMILES string of the molecule is CCCCCCCCCCCOC(=O)CCN(CCCN(C)CCCN(CCC(=O)OCCCCCCCCCCC)CCC(=O)OCCCCCCCCCCC)CCC(=O)OCCCCCCCCCCC. The number of ether oxygens (including phenoxy) is 4. The molecule has 0 aromatic carbocycles. The predicted octanol–water partition coefficient (Wildman–Crippen LogP) is 16.2. The molecule has 11 nitrogen and oxygen atoms in total. The summed E-state index contributed by atoms with van der Waals surface area (Å²) in [5, 5.41) is 0. The Bertz CT molecular complexity index is 1050. The summed E-state index contributed by atoms with van der Waals surface area (Å²) in [5.74, 6) is -0.654. The van der Waals surface area contributed by atoms with Crippen molar-refractivity contribution in [3.8, 4) is 0 Å². The number of nitrogens with zero attached hydrogens (tertiary/aromatic N) is 3. The topological polar surface area (TPSA) is 115 Å². The van der Waals surface area contributed by atoms with Crippen molar-refractivity contribution in [3.63, 3.8) is 0 Å². The van der Waals surface area contributed by atoms with Crippen LogP contribution in [0.25, 0.3) is 0 Å². The van der Waals surface area contributed by atoms with Gasteiger partial charge in [-0.05, 0) is 71.8 Å². The summed E-state index contributed by atoms with van der Waals surface area (Å²) < 4.78 is 22.5. The van der Waals surface area contributed by atoms with Crippen molar-refractivity contribution in [2.24, 2.45) is 0 Å². The second kappa shape index (κ2) is 58.4. The van der Waals surface area contributed by atoms with E-state index in [4.69, 9.17) is 18.9 Å². The first-order chi connectivity index (χ1) is 36.2. The van der Waals surface area contributed by atoms with E-state index in [0.29, 0.717) is 78.3 Å². The Morgan fingerprint density at radius 1 is 0.243 bits per heavy atom. The van der Waals surface area contributed by atoms with Crippen LogP contribution >= 0.6 is 0 Å². The van der Waals surface area contributed by atoms with Crippen molar-refractivity contribution in [2.45, 2.75) is 297 Å². The average molecular weight is 1050 g/mol. The highest BCUT2D eigenvalue weighted by Crippen LogP contribution is 2.14. The third kappa shape index (κ3) is 54.5. The smallest absolute Gasteiger partial charge is 0.307 e. The molecule has 0 spiro atoms. The van der Waals surface area contributed by atoms with E-state index in [1.165, 1.54) is 180 Å². The molecule has 0 saturated heterocycles. The van der Waals surface area contributed by atoms with E-state index >= 15 is 0 Å². The third-order valence-electron chi connectivity index (χ3n) is 14.6. The van der Waals surface area contributed by atoms with Crippen molar-refractivity contribution in [1.82, 2.24) is 14.7 Å². The van der Waals surface area contributed by atoms with Crippen LogP contribution in [0.15, 0.2) is 0 Å². The van der Waals surface area contributed by atoms with Crippen LogP contribution in [-0.2, 0) is 38.1 Å². The first kappa shape index (κ1) is 71.8. The lowest BCUT2D eigenvalue weighted by atomic mass is 10.1. The Labute approximate surface area is 458 Å². The van der Waals surface area contributed by atoms with Crippen molar-refractivity contribution in [3.05, 3.63) is 0 Å². The van der Waals surface area contributed by atoms with Crippen LogP contribution in [0, 0.1) is 0 Å². The molecule has 0 rings (SSSR count). The van der Waals surface area contributed by atoms with E-state index in [9.17, 15) is 19.2 Å². The molecule has 0 N–H and O–H groups in total. The Balaban J connectivity index is 5.03. The van der Waals surface area contributed by atoms with Gasteiger partial charge in [0.15, 0.2) is 0 Å². The molecule has 0 fully saturated rings. The molecule has 0 radical (unpaired) electrons. The van der Waals surface area contributed by atoms with Gasteiger partial charge in [0.05, 0.1) is 52.1 Å². The summed E-state index contributed by atoms with van der Waals surface area (Å²) in [5.41, 5.74) is 0. The average Bonchev–Trinajstić information content (AvgIpc) is 3.39. The Hall–Kier alpha value is -2.24. The van der Waals surface area contributed by atoms with E-state index in [1.54, 1.807) is 0 Å². The largest absolute Gasteiger partial charge is 0.466 e. The van der Waals surface area contributed by atoms with Crippen molar-refractivity contribution in [1.29, 1.82) is 0 Å². The van der Waals surface area contributed by atoms with E-state index in [0.717, 1.165) is 90.4 Å². The second-order valence-electron chi connectivity index (χ2n) is 21.9. The number of carbonyl (C=O) groups excluding carboxylic acids is 4. The van der Waals surface area contributed by atoms with E-state index in [1.807, 2.05) is 0 Å². The minimum Gasteiger partial charge on any atom is -0.466 e. The maximum absolute atomic E-state index is 12.8. The Morgan fingerprint density at radius 3 is 0.635 bits per heavy atom. The summed E-state index contributed by atoms with van der Waals surface area (Å²) in [4.78, 5) is 58.0. The quantitative estimate of drug-likeness (QED) is 0.0329. The van der Waals surface area contributed by atoms with Gasteiger partial charge in [-0.3, -0.25) is 19.2 Å². The summed E-state index contributed by atoms with van der Waals surface area (Å²) in [6, 6.07) is 0. The monoisotopic (exact) mass is 1050 g/mol. The lowest BCUT2D eigenvalue weighted by molar-refractivity contribution is -0.146. The normalized spacial score (nSPS) is 11.6. The third-order valence-corrected chi connectivity index (χ3v) is 14.6. The van der Waals surface area contributed by atoms with Gasteiger partial charge in [0, 0.05) is 26.2 Å². The van der Waals surface area contributed by atoms with Crippen molar-refractivity contribution < 1.29 is 38.1 Å². The molecular weight excluding hydrogens is 927 g/mol. The summed E-state index contributed by atoms with van der Waals surface area (Å²) in [6.07, 6.45) is 47.2. The van der Waals surface area contributed by atoms with Crippen molar-refractivity contribution >= 4 is 23.9 Å². The number of hydrogen-bond acceptors (Lipinski definition) is 11. The molecule has 0 unspecified atom stereocenters. The fraction of sp³-hybridized carbons (Fsp3) is 0.937. The van der Waals surface area contributed by atoms with Crippen LogP contribution in [0.4, 0.5) is 0 Å². The molecule has 0 aliphatic carbocycles. The first-order valence-electron chi connectivity index (χ1n) is 32.0. The molecule has 0 aromatic rings. The van der Waals surface area contributed by atoms with Gasteiger partial charge in [0.25, 0.3) is 0 Å².